The van der Waals surface area contributed by atoms with E-state index in [-0.39, 0.29) is 11.2 Å². The minimum atomic E-state index is -0.0109. The predicted molar refractivity (Wildman–Crippen MR) is 76.0 cm³/mol. The Hall–Kier alpha value is -0.940. The molecule has 1 atom stereocenters. The molecule has 0 N–H and O–H groups in total. The summed E-state index contributed by atoms with van der Waals surface area (Å²) in [5.74, 6) is 2.21. The molecule has 1 aliphatic heterocycles. The van der Waals surface area contributed by atoms with E-state index in [1.54, 1.807) is 18.0 Å². The van der Waals surface area contributed by atoms with Crippen LogP contribution in [0.15, 0.2) is 22.8 Å². The zero-order valence-corrected chi connectivity index (χ0v) is 12.3. The van der Waals surface area contributed by atoms with Crippen molar-refractivity contribution >= 4 is 17.7 Å². The number of nitrogens with zero attached hydrogens (tertiary/aromatic N) is 1. The predicted octanol–water partition coefficient (Wildman–Crippen LogP) is 2.40. The lowest BCUT2D eigenvalue weighted by Crippen LogP contribution is -2.46. The Balaban J connectivity index is 1.92. The summed E-state index contributed by atoms with van der Waals surface area (Å²) in [6.45, 7) is 6.92. The fourth-order valence-electron chi connectivity index (χ4n) is 2.08. The lowest BCUT2D eigenvalue weighted by Gasteiger charge is -2.31. The molecule has 1 saturated heterocycles. The van der Waals surface area contributed by atoms with E-state index in [0.29, 0.717) is 32.2 Å². The minimum Gasteiger partial charge on any atom is -0.468 e. The van der Waals surface area contributed by atoms with Crippen molar-refractivity contribution in [3.8, 4) is 0 Å². The van der Waals surface area contributed by atoms with Gasteiger partial charge in [-0.3, -0.25) is 4.79 Å². The van der Waals surface area contributed by atoms with Crippen molar-refractivity contribution in [3.63, 3.8) is 0 Å². The second-order valence-corrected chi connectivity index (χ2v) is 6.12. The maximum absolute atomic E-state index is 12.5. The number of amides is 1. The third-order valence-corrected chi connectivity index (χ3v) is 4.71. The molecule has 1 amide bonds. The number of carbonyl (C=O) groups excluding carboxylic acids is 1. The van der Waals surface area contributed by atoms with Gasteiger partial charge in [0, 0.05) is 13.1 Å². The quantitative estimate of drug-likeness (QED) is 0.832. The van der Waals surface area contributed by atoms with Crippen LogP contribution in [0.5, 0.6) is 0 Å². The van der Waals surface area contributed by atoms with Gasteiger partial charge in [0.25, 0.3) is 0 Å². The average molecular weight is 283 g/mol. The number of morpholine rings is 1. The van der Waals surface area contributed by atoms with Gasteiger partial charge in [-0.1, -0.05) is 13.8 Å². The molecule has 0 bridgehead atoms. The van der Waals surface area contributed by atoms with Crippen LogP contribution in [0.3, 0.4) is 0 Å². The van der Waals surface area contributed by atoms with E-state index < -0.39 is 0 Å². The Morgan fingerprint density at radius 1 is 1.42 bits per heavy atom. The van der Waals surface area contributed by atoms with E-state index in [0.717, 1.165) is 11.5 Å². The van der Waals surface area contributed by atoms with Crippen LogP contribution in [-0.2, 0) is 15.3 Å². The zero-order chi connectivity index (χ0) is 13.7. The van der Waals surface area contributed by atoms with Gasteiger partial charge in [-0.2, -0.15) is 0 Å². The summed E-state index contributed by atoms with van der Waals surface area (Å²) in [7, 11) is 0. The van der Waals surface area contributed by atoms with Crippen LogP contribution in [0, 0.1) is 5.92 Å². The first-order valence-electron chi connectivity index (χ1n) is 6.69. The van der Waals surface area contributed by atoms with Crippen LogP contribution in [0.4, 0.5) is 0 Å². The Morgan fingerprint density at radius 3 is 2.74 bits per heavy atom. The summed E-state index contributed by atoms with van der Waals surface area (Å²) in [6.07, 6.45) is 1.67. The standard InChI is InChI=1S/C14H21NO3S/c1-11(2)13(19-10-12-4-3-7-18-12)14(16)15-5-8-17-9-6-15/h3-4,7,11,13H,5-6,8-10H2,1-2H3. The van der Waals surface area contributed by atoms with Gasteiger partial charge in [-0.05, 0) is 18.1 Å². The monoisotopic (exact) mass is 283 g/mol. The lowest BCUT2D eigenvalue weighted by atomic mass is 10.1. The summed E-state index contributed by atoms with van der Waals surface area (Å²) in [6, 6.07) is 3.83. The van der Waals surface area contributed by atoms with Gasteiger partial charge in [0.05, 0.1) is 30.5 Å². The molecule has 106 valence electrons. The van der Waals surface area contributed by atoms with E-state index in [1.165, 1.54) is 0 Å². The highest BCUT2D eigenvalue weighted by molar-refractivity contribution is 7.99. The highest BCUT2D eigenvalue weighted by Gasteiger charge is 2.28. The van der Waals surface area contributed by atoms with Crippen molar-refractivity contribution in [1.29, 1.82) is 0 Å². The van der Waals surface area contributed by atoms with Gasteiger partial charge >= 0.3 is 0 Å². The molecule has 4 nitrogen and oxygen atoms in total. The highest BCUT2D eigenvalue weighted by Crippen LogP contribution is 2.26. The van der Waals surface area contributed by atoms with E-state index in [9.17, 15) is 4.79 Å². The van der Waals surface area contributed by atoms with Gasteiger partial charge in [-0.15, -0.1) is 11.8 Å². The number of thioether (sulfide) groups is 1. The first kappa shape index (κ1) is 14.5. The lowest BCUT2D eigenvalue weighted by molar-refractivity contribution is -0.135. The third-order valence-electron chi connectivity index (χ3n) is 3.16. The fraction of sp³-hybridized carbons (Fsp3) is 0.643. The van der Waals surface area contributed by atoms with Gasteiger partial charge in [0.15, 0.2) is 0 Å². The van der Waals surface area contributed by atoms with Crippen LogP contribution in [0.1, 0.15) is 19.6 Å². The molecule has 0 radical (unpaired) electrons. The van der Waals surface area contributed by atoms with E-state index in [2.05, 4.69) is 13.8 Å². The average Bonchev–Trinajstić information content (AvgIpc) is 2.92. The summed E-state index contributed by atoms with van der Waals surface area (Å²) in [5, 5.41) is -0.0109. The second kappa shape index (κ2) is 7.01. The SMILES string of the molecule is CC(C)C(SCc1ccco1)C(=O)N1CCOCC1. The smallest absolute Gasteiger partial charge is 0.236 e. The van der Waals surface area contributed by atoms with Crippen molar-refractivity contribution in [2.75, 3.05) is 26.3 Å². The Labute approximate surface area is 118 Å². The zero-order valence-electron chi connectivity index (χ0n) is 11.5. The molecular formula is C14H21NO3S. The molecule has 1 aromatic heterocycles. The topological polar surface area (TPSA) is 42.7 Å². The highest BCUT2D eigenvalue weighted by atomic mass is 32.2. The van der Waals surface area contributed by atoms with Gasteiger partial charge in [0.1, 0.15) is 5.76 Å². The normalized spacial score (nSPS) is 17.7. The van der Waals surface area contributed by atoms with Crippen molar-refractivity contribution in [2.45, 2.75) is 24.9 Å². The molecule has 2 heterocycles. The molecule has 5 heteroatoms. The molecule has 0 saturated carbocycles. The van der Waals surface area contributed by atoms with Gasteiger partial charge in [0.2, 0.25) is 5.91 Å². The summed E-state index contributed by atoms with van der Waals surface area (Å²) in [5.41, 5.74) is 0. The second-order valence-electron chi connectivity index (χ2n) is 4.99. The number of ether oxygens (including phenoxy) is 1. The van der Waals surface area contributed by atoms with Crippen molar-refractivity contribution in [1.82, 2.24) is 4.90 Å². The summed E-state index contributed by atoms with van der Waals surface area (Å²) >= 11 is 1.66. The van der Waals surface area contributed by atoms with E-state index in [4.69, 9.17) is 9.15 Å². The van der Waals surface area contributed by atoms with Gasteiger partial charge < -0.3 is 14.1 Å². The minimum absolute atomic E-state index is 0.0109. The number of rotatable bonds is 5. The molecule has 1 aliphatic rings. The first-order chi connectivity index (χ1) is 9.18. The molecule has 19 heavy (non-hydrogen) atoms. The van der Waals surface area contributed by atoms with Gasteiger partial charge in [-0.25, -0.2) is 0 Å². The Kier molecular flexibility index (Phi) is 5.34. The van der Waals surface area contributed by atoms with E-state index >= 15 is 0 Å². The maximum Gasteiger partial charge on any atom is 0.236 e. The molecular weight excluding hydrogens is 262 g/mol. The van der Waals surface area contributed by atoms with Crippen molar-refractivity contribution in [3.05, 3.63) is 24.2 Å². The molecule has 1 unspecified atom stereocenters. The summed E-state index contributed by atoms with van der Waals surface area (Å²) in [4.78, 5) is 14.4. The van der Waals surface area contributed by atoms with Crippen LogP contribution in [0.2, 0.25) is 0 Å². The molecule has 0 aromatic carbocycles. The number of carbonyl (C=O) groups is 1. The molecule has 2 rings (SSSR count). The van der Waals surface area contributed by atoms with Crippen molar-refractivity contribution in [2.24, 2.45) is 5.92 Å². The van der Waals surface area contributed by atoms with Crippen molar-refractivity contribution < 1.29 is 13.9 Å². The van der Waals surface area contributed by atoms with E-state index in [1.807, 2.05) is 17.0 Å². The Morgan fingerprint density at radius 2 is 2.16 bits per heavy atom. The number of hydrogen-bond donors (Lipinski definition) is 0. The molecule has 1 fully saturated rings. The summed E-state index contributed by atoms with van der Waals surface area (Å²) < 4.78 is 10.6. The van der Waals surface area contributed by atoms with Crippen LogP contribution < -0.4 is 0 Å². The molecule has 1 aromatic rings. The largest absolute Gasteiger partial charge is 0.468 e. The number of hydrogen-bond acceptors (Lipinski definition) is 4. The fourth-order valence-corrected chi connectivity index (χ4v) is 3.26. The van der Waals surface area contributed by atoms with Crippen LogP contribution >= 0.6 is 11.8 Å². The molecule has 0 aliphatic carbocycles. The van der Waals surface area contributed by atoms with Crippen LogP contribution in [0.25, 0.3) is 0 Å². The first-order valence-corrected chi connectivity index (χ1v) is 7.74. The Bertz CT molecular complexity index is 385. The number of furan rings is 1. The van der Waals surface area contributed by atoms with Crippen LogP contribution in [-0.4, -0.2) is 42.4 Å². The third kappa shape index (κ3) is 4.01. The maximum atomic E-state index is 12.5. The molecule has 0 spiro atoms.